The Labute approximate surface area is 108 Å². The smallest absolute Gasteiger partial charge is 0.110 e. The van der Waals surface area contributed by atoms with Crippen LogP contribution in [0.3, 0.4) is 0 Å². The van der Waals surface area contributed by atoms with E-state index < -0.39 is 0 Å². The molecule has 0 saturated carbocycles. The van der Waals surface area contributed by atoms with Gasteiger partial charge in [0, 0.05) is 17.6 Å². The van der Waals surface area contributed by atoms with Gasteiger partial charge in [-0.15, -0.1) is 11.3 Å². The van der Waals surface area contributed by atoms with E-state index in [4.69, 9.17) is 0 Å². The molecule has 1 saturated heterocycles. The van der Waals surface area contributed by atoms with Gasteiger partial charge in [0.15, 0.2) is 0 Å². The van der Waals surface area contributed by atoms with Crippen molar-refractivity contribution >= 4 is 11.3 Å². The third-order valence-electron chi connectivity index (χ3n) is 3.54. The number of hydrogen-bond acceptors (Lipinski definition) is 4. The van der Waals surface area contributed by atoms with Crippen LogP contribution in [-0.2, 0) is 0 Å². The Morgan fingerprint density at radius 3 is 3.12 bits per heavy atom. The molecule has 2 heterocycles. The molecule has 1 N–H and O–H groups in total. The minimum atomic E-state index is 0.486. The Morgan fingerprint density at radius 1 is 1.65 bits per heavy atom. The van der Waals surface area contributed by atoms with Crippen molar-refractivity contribution in [2.45, 2.75) is 33.2 Å². The number of aromatic nitrogens is 1. The van der Waals surface area contributed by atoms with E-state index >= 15 is 0 Å². The van der Waals surface area contributed by atoms with Gasteiger partial charge in [-0.2, -0.15) is 0 Å². The summed E-state index contributed by atoms with van der Waals surface area (Å²) in [4.78, 5) is 7.17. The first-order valence-electron chi connectivity index (χ1n) is 6.57. The average Bonchev–Trinajstić information content (AvgIpc) is 2.94. The summed E-state index contributed by atoms with van der Waals surface area (Å²) >= 11 is 1.80. The minimum absolute atomic E-state index is 0.486. The Hall–Kier alpha value is -0.450. The van der Waals surface area contributed by atoms with Gasteiger partial charge in [0.1, 0.15) is 5.01 Å². The second-order valence-electron chi connectivity index (χ2n) is 4.96. The molecule has 2 rings (SSSR count). The Morgan fingerprint density at radius 2 is 2.47 bits per heavy atom. The van der Waals surface area contributed by atoms with E-state index in [-0.39, 0.29) is 0 Å². The fourth-order valence-electron chi connectivity index (χ4n) is 2.45. The van der Waals surface area contributed by atoms with Crippen LogP contribution in [0.5, 0.6) is 0 Å². The number of likely N-dealkylation sites (tertiary alicyclic amines) is 1. The van der Waals surface area contributed by atoms with Gasteiger partial charge in [0.2, 0.25) is 0 Å². The standard InChI is InChI=1S/C13H23N3S/c1-4-14-7-12-5-6-16(8-12)11(3)13-15-10(2)9-17-13/h9,11-12,14H,4-8H2,1-3H3. The molecule has 0 aliphatic carbocycles. The summed E-state index contributed by atoms with van der Waals surface area (Å²) in [5.41, 5.74) is 1.15. The zero-order chi connectivity index (χ0) is 12.3. The lowest BCUT2D eigenvalue weighted by molar-refractivity contribution is 0.251. The number of nitrogens with one attached hydrogen (secondary N) is 1. The van der Waals surface area contributed by atoms with Crippen molar-refractivity contribution in [2.75, 3.05) is 26.2 Å². The van der Waals surface area contributed by atoms with Gasteiger partial charge in [-0.1, -0.05) is 6.92 Å². The molecule has 1 aliphatic heterocycles. The van der Waals surface area contributed by atoms with Gasteiger partial charge in [0.25, 0.3) is 0 Å². The molecule has 17 heavy (non-hydrogen) atoms. The molecule has 1 aromatic rings. The normalized spacial score (nSPS) is 23.1. The molecule has 2 unspecified atom stereocenters. The van der Waals surface area contributed by atoms with Crippen molar-refractivity contribution in [3.8, 4) is 0 Å². The fraction of sp³-hybridized carbons (Fsp3) is 0.769. The molecule has 4 heteroatoms. The summed E-state index contributed by atoms with van der Waals surface area (Å²) in [6.07, 6.45) is 1.32. The first kappa shape index (κ1) is 13.0. The predicted molar refractivity (Wildman–Crippen MR) is 73.5 cm³/mol. The molecule has 0 bridgehead atoms. The number of rotatable bonds is 5. The van der Waals surface area contributed by atoms with E-state index in [9.17, 15) is 0 Å². The monoisotopic (exact) mass is 253 g/mol. The van der Waals surface area contributed by atoms with Gasteiger partial charge in [-0.3, -0.25) is 4.90 Å². The van der Waals surface area contributed by atoms with Crippen molar-refractivity contribution in [2.24, 2.45) is 5.92 Å². The second kappa shape index (κ2) is 5.94. The SMILES string of the molecule is CCNCC1CCN(C(C)c2nc(C)cs2)C1. The molecule has 0 aromatic carbocycles. The van der Waals surface area contributed by atoms with Gasteiger partial charge in [-0.25, -0.2) is 4.98 Å². The number of nitrogens with zero attached hydrogens (tertiary/aromatic N) is 2. The van der Waals surface area contributed by atoms with E-state index in [1.54, 1.807) is 11.3 Å². The van der Waals surface area contributed by atoms with Crippen LogP contribution < -0.4 is 5.32 Å². The Kier molecular flexibility index (Phi) is 4.54. The summed E-state index contributed by atoms with van der Waals surface area (Å²) < 4.78 is 0. The fourth-order valence-corrected chi connectivity index (χ4v) is 3.34. The van der Waals surface area contributed by atoms with Crippen LogP contribution in [0.4, 0.5) is 0 Å². The van der Waals surface area contributed by atoms with Crippen LogP contribution in [0.1, 0.15) is 37.0 Å². The van der Waals surface area contributed by atoms with E-state index in [1.807, 2.05) is 0 Å². The van der Waals surface area contributed by atoms with Crippen molar-refractivity contribution in [3.05, 3.63) is 16.1 Å². The van der Waals surface area contributed by atoms with Crippen LogP contribution in [0, 0.1) is 12.8 Å². The zero-order valence-corrected chi connectivity index (χ0v) is 11.9. The van der Waals surface area contributed by atoms with Gasteiger partial charge < -0.3 is 5.32 Å². The molecule has 0 radical (unpaired) electrons. The van der Waals surface area contributed by atoms with E-state index in [0.717, 1.165) is 24.7 Å². The van der Waals surface area contributed by atoms with E-state index in [0.29, 0.717) is 6.04 Å². The molecule has 0 amide bonds. The summed E-state index contributed by atoms with van der Waals surface area (Å²) in [5, 5.41) is 6.87. The van der Waals surface area contributed by atoms with Crippen LogP contribution in [0.25, 0.3) is 0 Å². The van der Waals surface area contributed by atoms with Gasteiger partial charge >= 0.3 is 0 Å². The highest BCUT2D eigenvalue weighted by Gasteiger charge is 2.27. The molecular weight excluding hydrogens is 230 g/mol. The quantitative estimate of drug-likeness (QED) is 0.873. The lowest BCUT2D eigenvalue weighted by atomic mass is 10.1. The molecular formula is C13H23N3S. The largest absolute Gasteiger partial charge is 0.317 e. The molecule has 1 fully saturated rings. The van der Waals surface area contributed by atoms with E-state index in [1.165, 1.54) is 24.5 Å². The maximum absolute atomic E-state index is 4.60. The summed E-state index contributed by atoms with van der Waals surface area (Å²) in [5.74, 6) is 0.818. The predicted octanol–water partition coefficient (Wildman–Crippen LogP) is 2.44. The highest BCUT2D eigenvalue weighted by molar-refractivity contribution is 7.09. The third-order valence-corrected chi connectivity index (χ3v) is 4.68. The molecule has 96 valence electrons. The first-order valence-corrected chi connectivity index (χ1v) is 7.45. The Balaban J connectivity index is 1.87. The number of hydrogen-bond donors (Lipinski definition) is 1. The van der Waals surface area contributed by atoms with Gasteiger partial charge in [0.05, 0.1) is 6.04 Å². The average molecular weight is 253 g/mol. The summed E-state index contributed by atoms with van der Waals surface area (Å²) in [6.45, 7) is 11.2. The second-order valence-corrected chi connectivity index (χ2v) is 5.85. The highest BCUT2D eigenvalue weighted by Crippen LogP contribution is 2.28. The molecule has 1 aliphatic rings. The number of thiazole rings is 1. The van der Waals surface area contributed by atoms with Crippen LogP contribution >= 0.6 is 11.3 Å². The molecule has 3 nitrogen and oxygen atoms in total. The van der Waals surface area contributed by atoms with Crippen molar-refractivity contribution in [1.82, 2.24) is 15.2 Å². The lowest BCUT2D eigenvalue weighted by Gasteiger charge is -2.22. The van der Waals surface area contributed by atoms with Crippen LogP contribution in [0.2, 0.25) is 0 Å². The van der Waals surface area contributed by atoms with Crippen LogP contribution in [-0.4, -0.2) is 36.1 Å². The van der Waals surface area contributed by atoms with Crippen LogP contribution in [0.15, 0.2) is 5.38 Å². The molecule has 2 atom stereocenters. The third kappa shape index (κ3) is 3.27. The van der Waals surface area contributed by atoms with Crippen molar-refractivity contribution in [1.29, 1.82) is 0 Å². The first-order chi connectivity index (χ1) is 8.20. The van der Waals surface area contributed by atoms with Gasteiger partial charge in [-0.05, 0) is 45.8 Å². The number of aryl methyl sites for hydroxylation is 1. The summed E-state index contributed by atoms with van der Waals surface area (Å²) in [6, 6.07) is 0.486. The lowest BCUT2D eigenvalue weighted by Crippen LogP contribution is -2.28. The maximum Gasteiger partial charge on any atom is 0.110 e. The highest BCUT2D eigenvalue weighted by atomic mass is 32.1. The Bertz CT molecular complexity index is 350. The van der Waals surface area contributed by atoms with Crippen molar-refractivity contribution in [3.63, 3.8) is 0 Å². The zero-order valence-electron chi connectivity index (χ0n) is 11.1. The molecule has 1 aromatic heterocycles. The minimum Gasteiger partial charge on any atom is -0.317 e. The molecule has 0 spiro atoms. The topological polar surface area (TPSA) is 28.2 Å². The summed E-state index contributed by atoms with van der Waals surface area (Å²) in [7, 11) is 0. The van der Waals surface area contributed by atoms with E-state index in [2.05, 4.69) is 41.4 Å². The van der Waals surface area contributed by atoms with Crippen molar-refractivity contribution < 1.29 is 0 Å². The maximum atomic E-state index is 4.60.